The van der Waals surface area contributed by atoms with Gasteiger partial charge in [-0.05, 0) is 49.6 Å². The van der Waals surface area contributed by atoms with E-state index >= 15 is 0 Å². The quantitative estimate of drug-likeness (QED) is 0.153. The predicted molar refractivity (Wildman–Crippen MR) is 151 cm³/mol. The summed E-state index contributed by atoms with van der Waals surface area (Å²) in [6.07, 6.45) is 2.44. The number of allylic oxidation sites excluding steroid dienone is 1. The highest BCUT2D eigenvalue weighted by Crippen LogP contribution is 2.45. The molecule has 0 aliphatic rings. The molecule has 0 aliphatic heterocycles. The van der Waals surface area contributed by atoms with Crippen LogP contribution >= 0.6 is 0 Å². The maximum absolute atomic E-state index is 13.3. The molecule has 2 aromatic heterocycles. The fourth-order valence-corrected chi connectivity index (χ4v) is 4.57. The first-order chi connectivity index (χ1) is 18.8. The molecule has 0 unspecified atom stereocenters. The van der Waals surface area contributed by atoms with Crippen molar-refractivity contribution in [3.05, 3.63) is 81.6 Å². The summed E-state index contributed by atoms with van der Waals surface area (Å²) >= 11 is 0. The van der Waals surface area contributed by atoms with Crippen molar-refractivity contribution in [2.24, 2.45) is 4.99 Å². The van der Waals surface area contributed by atoms with E-state index in [0.717, 1.165) is 23.8 Å². The molecular formula is C30H33N3O6. The Hall–Kier alpha value is -4.53. The number of aryl methyl sites for hydroxylation is 2. The van der Waals surface area contributed by atoms with E-state index in [1.54, 1.807) is 14.2 Å². The number of unbranched alkanes of at least 4 members (excludes halogenated alkanes) is 1. The highest BCUT2D eigenvalue weighted by molar-refractivity contribution is 6.00. The van der Waals surface area contributed by atoms with Crippen molar-refractivity contribution >= 4 is 16.9 Å². The molecule has 0 bridgehead atoms. The van der Waals surface area contributed by atoms with Crippen LogP contribution in [0.25, 0.3) is 22.1 Å². The Bertz CT molecular complexity index is 1570. The van der Waals surface area contributed by atoms with Crippen LogP contribution in [0.15, 0.2) is 63.0 Å². The van der Waals surface area contributed by atoms with Gasteiger partial charge in [0, 0.05) is 18.1 Å². The Morgan fingerprint density at radius 1 is 1.15 bits per heavy atom. The second-order valence-electron chi connectivity index (χ2n) is 9.15. The number of methoxy groups -OCH3 is 2. The zero-order valence-corrected chi connectivity index (χ0v) is 22.9. The number of aromatic nitrogens is 2. The molecule has 0 aliphatic carbocycles. The Morgan fingerprint density at radius 3 is 2.49 bits per heavy atom. The number of ether oxygens (including phenoxy) is 3. The van der Waals surface area contributed by atoms with Crippen LogP contribution in [0.3, 0.4) is 0 Å². The number of aromatic amines is 1. The van der Waals surface area contributed by atoms with Crippen molar-refractivity contribution in [1.82, 2.24) is 10.1 Å². The molecule has 0 saturated heterocycles. The van der Waals surface area contributed by atoms with Gasteiger partial charge in [0.2, 0.25) is 5.90 Å². The molecule has 204 valence electrons. The molecule has 2 heterocycles. The first-order valence-corrected chi connectivity index (χ1v) is 12.7. The van der Waals surface area contributed by atoms with Gasteiger partial charge in [-0.3, -0.25) is 9.79 Å². The number of nitrogens with zero attached hydrogens (tertiary/aromatic N) is 2. The predicted octanol–water partition coefficient (Wildman–Crippen LogP) is 5.71. The van der Waals surface area contributed by atoms with Gasteiger partial charge in [0.25, 0.3) is 5.56 Å². The lowest BCUT2D eigenvalue weighted by Gasteiger charge is -2.20. The number of benzene rings is 2. The smallest absolute Gasteiger partial charge is 0.264 e. The first kappa shape index (κ1) is 27.5. The average molecular weight is 532 g/mol. The van der Waals surface area contributed by atoms with Crippen LogP contribution in [0.4, 0.5) is 0 Å². The third-order valence-corrected chi connectivity index (χ3v) is 6.42. The van der Waals surface area contributed by atoms with Gasteiger partial charge in [-0.15, -0.1) is 0 Å². The molecule has 4 aromatic rings. The Morgan fingerprint density at radius 2 is 1.85 bits per heavy atom. The summed E-state index contributed by atoms with van der Waals surface area (Å²) < 4.78 is 22.7. The van der Waals surface area contributed by atoms with E-state index in [4.69, 9.17) is 18.7 Å². The summed E-state index contributed by atoms with van der Waals surface area (Å²) in [5.74, 6) is 0.897. The number of hydrogen-bond acceptors (Lipinski definition) is 8. The fourth-order valence-electron chi connectivity index (χ4n) is 4.57. The van der Waals surface area contributed by atoms with E-state index in [2.05, 4.69) is 28.6 Å². The zero-order chi connectivity index (χ0) is 28.1. The van der Waals surface area contributed by atoms with Crippen LogP contribution in [0, 0.1) is 6.92 Å². The molecule has 0 fully saturated rings. The highest BCUT2D eigenvalue weighted by atomic mass is 16.5. The van der Waals surface area contributed by atoms with Crippen LogP contribution in [-0.2, 0) is 17.6 Å². The van der Waals surface area contributed by atoms with E-state index < -0.39 is 5.56 Å². The summed E-state index contributed by atoms with van der Waals surface area (Å²) in [7, 11) is 4.57. The SMILES string of the molecule is C=C(Cc1noc2ccccc12)OC(=NC)c1c(O)c(-c2c(OC)cc(C)cc2OC)c(CCCC)[nH]c1=O. The molecular weight excluding hydrogens is 498 g/mol. The van der Waals surface area contributed by atoms with Crippen molar-refractivity contribution in [1.29, 1.82) is 0 Å². The van der Waals surface area contributed by atoms with E-state index in [1.165, 1.54) is 7.05 Å². The summed E-state index contributed by atoms with van der Waals surface area (Å²) in [6, 6.07) is 11.2. The Balaban J connectivity index is 1.80. The minimum absolute atomic E-state index is 0.0834. The zero-order valence-electron chi connectivity index (χ0n) is 22.9. The highest BCUT2D eigenvalue weighted by Gasteiger charge is 2.28. The minimum Gasteiger partial charge on any atom is -0.506 e. The van der Waals surface area contributed by atoms with Gasteiger partial charge in [0.15, 0.2) is 5.58 Å². The molecule has 9 nitrogen and oxygen atoms in total. The molecule has 9 heteroatoms. The second-order valence-corrected chi connectivity index (χ2v) is 9.15. The van der Waals surface area contributed by atoms with E-state index in [9.17, 15) is 9.90 Å². The number of fused-ring (bicyclic) bond motifs is 1. The number of hydrogen-bond donors (Lipinski definition) is 2. The van der Waals surface area contributed by atoms with Crippen LogP contribution in [0.2, 0.25) is 0 Å². The molecule has 0 amide bonds. The number of aromatic hydroxyl groups is 1. The molecule has 4 rings (SSSR count). The van der Waals surface area contributed by atoms with Gasteiger partial charge in [0.1, 0.15) is 28.6 Å². The molecule has 0 spiro atoms. The monoisotopic (exact) mass is 531 g/mol. The standard InChI is InChI=1S/C30H33N3O6/c1-7-8-12-20-25(26-23(36-5)14-17(2)15-24(26)37-6)28(34)27(29(35)32-20)30(31-4)38-18(3)16-21-19-11-9-10-13-22(19)39-33-21/h9-11,13-15H,3,7-8,12,16H2,1-2,4-6H3,(H2,32,34,35). The van der Waals surface area contributed by atoms with Crippen molar-refractivity contribution in [3.63, 3.8) is 0 Å². The van der Waals surface area contributed by atoms with Gasteiger partial charge < -0.3 is 28.8 Å². The Labute approximate surface area is 226 Å². The van der Waals surface area contributed by atoms with Crippen molar-refractivity contribution < 1.29 is 23.8 Å². The number of aliphatic imine (C=N–C) groups is 1. The van der Waals surface area contributed by atoms with Crippen molar-refractivity contribution in [3.8, 4) is 28.4 Å². The Kier molecular flexibility index (Phi) is 8.39. The number of pyridine rings is 1. The third kappa shape index (κ3) is 5.52. The van der Waals surface area contributed by atoms with Crippen LogP contribution in [-0.4, -0.2) is 42.4 Å². The minimum atomic E-state index is -0.535. The largest absolute Gasteiger partial charge is 0.506 e. The van der Waals surface area contributed by atoms with Crippen LogP contribution < -0.4 is 15.0 Å². The van der Waals surface area contributed by atoms with Crippen LogP contribution in [0.5, 0.6) is 17.2 Å². The summed E-state index contributed by atoms with van der Waals surface area (Å²) in [5.41, 5.74) is 3.02. The van der Waals surface area contributed by atoms with Gasteiger partial charge in [-0.1, -0.05) is 37.2 Å². The normalized spacial score (nSPS) is 11.6. The number of H-pyrrole nitrogens is 1. The van der Waals surface area contributed by atoms with Gasteiger partial charge in [-0.25, -0.2) is 0 Å². The van der Waals surface area contributed by atoms with E-state index in [0.29, 0.717) is 46.0 Å². The van der Waals surface area contributed by atoms with Gasteiger partial charge in [0.05, 0.1) is 37.5 Å². The molecule has 0 atom stereocenters. The van der Waals surface area contributed by atoms with E-state index in [-0.39, 0.29) is 29.4 Å². The van der Waals surface area contributed by atoms with Crippen molar-refractivity contribution in [2.45, 2.75) is 39.5 Å². The van der Waals surface area contributed by atoms with E-state index in [1.807, 2.05) is 43.3 Å². The third-order valence-electron chi connectivity index (χ3n) is 6.42. The van der Waals surface area contributed by atoms with Crippen LogP contribution in [0.1, 0.15) is 42.3 Å². The summed E-state index contributed by atoms with van der Waals surface area (Å²) in [4.78, 5) is 20.5. The average Bonchev–Trinajstić information content (AvgIpc) is 3.33. The molecule has 39 heavy (non-hydrogen) atoms. The molecule has 2 N–H and O–H groups in total. The summed E-state index contributed by atoms with van der Waals surface area (Å²) in [6.45, 7) is 7.97. The maximum Gasteiger partial charge on any atom is 0.264 e. The molecule has 0 radical (unpaired) electrons. The topological polar surface area (TPSA) is 119 Å². The van der Waals surface area contributed by atoms with Crippen molar-refractivity contribution in [2.75, 3.05) is 21.3 Å². The van der Waals surface area contributed by atoms with Gasteiger partial charge in [-0.2, -0.15) is 0 Å². The maximum atomic E-state index is 13.3. The van der Waals surface area contributed by atoms with Gasteiger partial charge >= 0.3 is 0 Å². The molecule has 2 aromatic carbocycles. The lowest BCUT2D eigenvalue weighted by Crippen LogP contribution is -2.23. The fraction of sp³-hybridized carbons (Fsp3) is 0.300. The lowest BCUT2D eigenvalue weighted by atomic mass is 9.95. The lowest BCUT2D eigenvalue weighted by molar-refractivity contribution is 0.390. The number of nitrogens with one attached hydrogen (secondary N) is 1. The number of rotatable bonds is 10. The number of para-hydroxylation sites is 1. The second kappa shape index (κ2) is 11.9. The first-order valence-electron chi connectivity index (χ1n) is 12.7. The molecule has 0 saturated carbocycles. The summed E-state index contributed by atoms with van der Waals surface area (Å²) in [5, 5.41) is 16.6.